The summed E-state index contributed by atoms with van der Waals surface area (Å²) in [5, 5.41) is 9.12. The predicted octanol–water partition coefficient (Wildman–Crippen LogP) is 0.981. The average molecular weight is 144 g/mol. The molecule has 3 nitrogen and oxygen atoms in total. The second-order valence-electron chi connectivity index (χ2n) is 1.76. The fourth-order valence-electron chi connectivity index (χ4n) is 0.528. The van der Waals surface area contributed by atoms with Crippen LogP contribution >= 0.6 is 11.7 Å². The van der Waals surface area contributed by atoms with Crippen molar-refractivity contribution >= 4 is 11.7 Å². The molecule has 0 bridgehead atoms. The zero-order valence-electron chi connectivity index (χ0n) is 5.11. The summed E-state index contributed by atoms with van der Waals surface area (Å²) in [4.78, 5) is 0. The lowest BCUT2D eigenvalue weighted by molar-refractivity contribution is 0.170. The minimum absolute atomic E-state index is 0.427. The van der Waals surface area contributed by atoms with Gasteiger partial charge in [-0.05, 0) is 6.42 Å². The van der Waals surface area contributed by atoms with E-state index >= 15 is 0 Å². The van der Waals surface area contributed by atoms with Crippen molar-refractivity contribution in [3.05, 3.63) is 11.9 Å². The van der Waals surface area contributed by atoms with Gasteiger partial charge in [0, 0.05) is 0 Å². The topological polar surface area (TPSA) is 46.0 Å². The smallest absolute Gasteiger partial charge is 0.103 e. The van der Waals surface area contributed by atoms with Crippen LogP contribution in [-0.4, -0.2) is 13.9 Å². The molecule has 50 valence electrons. The molecule has 1 aromatic rings. The molecule has 0 aromatic carbocycles. The quantitative estimate of drug-likeness (QED) is 0.673. The van der Waals surface area contributed by atoms with Gasteiger partial charge in [0.15, 0.2) is 0 Å². The Hall–Kier alpha value is -0.480. The molecule has 1 atom stereocenters. The third-order valence-electron chi connectivity index (χ3n) is 1.11. The van der Waals surface area contributed by atoms with Gasteiger partial charge in [-0.15, -0.1) is 0 Å². The third kappa shape index (κ3) is 1.46. The Morgan fingerprint density at radius 1 is 1.89 bits per heavy atom. The lowest BCUT2D eigenvalue weighted by Crippen LogP contribution is -1.93. The summed E-state index contributed by atoms with van der Waals surface area (Å²) in [5.41, 5.74) is 0.683. The molecule has 4 heteroatoms. The Bertz CT molecular complexity index is 163. The van der Waals surface area contributed by atoms with Crippen LogP contribution < -0.4 is 0 Å². The molecule has 1 heterocycles. The molecule has 9 heavy (non-hydrogen) atoms. The SMILES string of the molecule is CCC(O)c1cnsn1. The molecule has 1 N–H and O–H groups in total. The van der Waals surface area contributed by atoms with Crippen LogP contribution in [0.3, 0.4) is 0 Å². The molecular formula is C5H8N2OS. The molecule has 1 rings (SSSR count). The molecule has 0 aliphatic rings. The Balaban J connectivity index is 2.65. The highest BCUT2D eigenvalue weighted by molar-refractivity contribution is 6.99. The van der Waals surface area contributed by atoms with E-state index in [0.29, 0.717) is 12.1 Å². The number of hydrogen-bond donors (Lipinski definition) is 1. The van der Waals surface area contributed by atoms with Gasteiger partial charge in [0.25, 0.3) is 0 Å². The van der Waals surface area contributed by atoms with Crippen LogP contribution in [0, 0.1) is 0 Å². The summed E-state index contributed by atoms with van der Waals surface area (Å²) >= 11 is 1.12. The van der Waals surface area contributed by atoms with Gasteiger partial charge in [-0.25, -0.2) is 0 Å². The minimum atomic E-state index is -0.427. The van der Waals surface area contributed by atoms with Gasteiger partial charge in [0.05, 0.1) is 24.0 Å². The summed E-state index contributed by atoms with van der Waals surface area (Å²) in [6, 6.07) is 0. The lowest BCUT2D eigenvalue weighted by Gasteiger charge is -1.99. The van der Waals surface area contributed by atoms with Crippen LogP contribution in [-0.2, 0) is 0 Å². The van der Waals surface area contributed by atoms with Crippen LogP contribution in [0.4, 0.5) is 0 Å². The molecule has 0 aliphatic heterocycles. The lowest BCUT2D eigenvalue weighted by atomic mass is 10.2. The number of nitrogens with zero attached hydrogens (tertiary/aromatic N) is 2. The Morgan fingerprint density at radius 3 is 3.11 bits per heavy atom. The first-order valence-electron chi connectivity index (χ1n) is 2.80. The maximum Gasteiger partial charge on any atom is 0.103 e. The number of aromatic nitrogens is 2. The third-order valence-corrected chi connectivity index (χ3v) is 1.60. The second kappa shape index (κ2) is 2.89. The highest BCUT2D eigenvalue weighted by Gasteiger charge is 2.05. The van der Waals surface area contributed by atoms with Crippen LogP contribution in [0.5, 0.6) is 0 Å². The fourth-order valence-corrected chi connectivity index (χ4v) is 0.993. The van der Waals surface area contributed by atoms with E-state index in [-0.39, 0.29) is 0 Å². The first-order valence-corrected chi connectivity index (χ1v) is 3.53. The van der Waals surface area contributed by atoms with E-state index in [1.165, 1.54) is 0 Å². The molecule has 0 aliphatic carbocycles. The van der Waals surface area contributed by atoms with Gasteiger partial charge in [-0.3, -0.25) is 0 Å². The number of hydrogen-bond acceptors (Lipinski definition) is 4. The summed E-state index contributed by atoms with van der Waals surface area (Å²) in [6.07, 6.45) is 1.87. The molecule has 0 fully saturated rings. The highest BCUT2D eigenvalue weighted by Crippen LogP contribution is 2.12. The van der Waals surface area contributed by atoms with Crippen molar-refractivity contribution in [1.29, 1.82) is 0 Å². The molecular weight excluding hydrogens is 136 g/mol. The van der Waals surface area contributed by atoms with Crippen LogP contribution in [0.15, 0.2) is 6.20 Å². The van der Waals surface area contributed by atoms with E-state index < -0.39 is 6.10 Å². The zero-order chi connectivity index (χ0) is 6.69. The van der Waals surface area contributed by atoms with Crippen LogP contribution in [0.1, 0.15) is 25.1 Å². The monoisotopic (exact) mass is 144 g/mol. The van der Waals surface area contributed by atoms with Crippen LogP contribution in [0.2, 0.25) is 0 Å². The van der Waals surface area contributed by atoms with E-state index in [4.69, 9.17) is 5.11 Å². The molecule has 0 saturated carbocycles. The van der Waals surface area contributed by atoms with Crippen molar-refractivity contribution in [2.75, 3.05) is 0 Å². The largest absolute Gasteiger partial charge is 0.387 e. The van der Waals surface area contributed by atoms with Crippen LogP contribution in [0.25, 0.3) is 0 Å². The maximum absolute atomic E-state index is 9.12. The summed E-state index contributed by atoms with van der Waals surface area (Å²) in [7, 11) is 0. The number of aliphatic hydroxyl groups is 1. The fraction of sp³-hybridized carbons (Fsp3) is 0.600. The zero-order valence-corrected chi connectivity index (χ0v) is 5.93. The van der Waals surface area contributed by atoms with Crippen molar-refractivity contribution in [1.82, 2.24) is 8.75 Å². The van der Waals surface area contributed by atoms with Crippen molar-refractivity contribution < 1.29 is 5.11 Å². The molecule has 0 amide bonds. The maximum atomic E-state index is 9.12. The molecule has 0 spiro atoms. The molecule has 1 aromatic heterocycles. The summed E-state index contributed by atoms with van der Waals surface area (Å²) in [5.74, 6) is 0. The second-order valence-corrected chi connectivity index (χ2v) is 2.31. The molecule has 0 saturated heterocycles. The molecule has 1 unspecified atom stereocenters. The van der Waals surface area contributed by atoms with E-state index in [0.717, 1.165) is 11.7 Å². The van der Waals surface area contributed by atoms with Gasteiger partial charge >= 0.3 is 0 Å². The van der Waals surface area contributed by atoms with Gasteiger partial charge < -0.3 is 5.11 Å². The Morgan fingerprint density at radius 2 is 2.67 bits per heavy atom. The first-order chi connectivity index (χ1) is 4.34. The van der Waals surface area contributed by atoms with Crippen molar-refractivity contribution in [3.8, 4) is 0 Å². The van der Waals surface area contributed by atoms with Gasteiger partial charge in [0.2, 0.25) is 0 Å². The van der Waals surface area contributed by atoms with Crippen molar-refractivity contribution in [3.63, 3.8) is 0 Å². The van der Waals surface area contributed by atoms with Crippen molar-refractivity contribution in [2.45, 2.75) is 19.4 Å². The van der Waals surface area contributed by atoms with E-state index in [1.807, 2.05) is 6.92 Å². The number of rotatable bonds is 2. The molecule has 0 radical (unpaired) electrons. The van der Waals surface area contributed by atoms with Gasteiger partial charge in [-0.1, -0.05) is 6.92 Å². The standard InChI is InChI=1S/C5H8N2OS/c1-2-5(8)4-3-6-9-7-4/h3,5,8H,2H2,1H3. The minimum Gasteiger partial charge on any atom is -0.387 e. The Kier molecular flexibility index (Phi) is 2.13. The van der Waals surface area contributed by atoms with E-state index in [1.54, 1.807) is 6.20 Å². The number of aliphatic hydroxyl groups excluding tert-OH is 1. The van der Waals surface area contributed by atoms with E-state index in [2.05, 4.69) is 8.75 Å². The summed E-state index contributed by atoms with van der Waals surface area (Å²) < 4.78 is 7.63. The highest BCUT2D eigenvalue weighted by atomic mass is 32.1. The normalized spacial score (nSPS) is 13.6. The van der Waals surface area contributed by atoms with Gasteiger partial charge in [0.1, 0.15) is 5.69 Å². The average Bonchev–Trinajstić information content (AvgIpc) is 2.37. The van der Waals surface area contributed by atoms with E-state index in [9.17, 15) is 0 Å². The van der Waals surface area contributed by atoms with Crippen molar-refractivity contribution in [2.24, 2.45) is 0 Å². The summed E-state index contributed by atoms with van der Waals surface area (Å²) in [6.45, 7) is 1.91. The predicted molar refractivity (Wildman–Crippen MR) is 35.2 cm³/mol. The Labute approximate surface area is 57.7 Å². The van der Waals surface area contributed by atoms with Gasteiger partial charge in [-0.2, -0.15) is 8.75 Å². The first kappa shape index (κ1) is 6.64.